The highest BCUT2D eigenvalue weighted by Crippen LogP contribution is 1.98. The van der Waals surface area contributed by atoms with Crippen LogP contribution in [0.25, 0.3) is 0 Å². The summed E-state index contributed by atoms with van der Waals surface area (Å²) in [7, 11) is 0. The molecule has 0 nitrogen and oxygen atoms in total. The highest BCUT2D eigenvalue weighted by atomic mass is 127. The van der Waals surface area contributed by atoms with E-state index in [4.69, 9.17) is 0 Å². The average Bonchev–Trinajstić information content (AvgIpc) is 2.30. The van der Waals surface area contributed by atoms with Gasteiger partial charge >= 0.3 is 0 Å². The van der Waals surface area contributed by atoms with Gasteiger partial charge in [-0.1, -0.05) is 30.0 Å². The smallest absolute Gasteiger partial charge is 0.0622 e. The lowest BCUT2D eigenvalue weighted by atomic mass is 10.2. The molecular weight excluding hydrogens is 295 g/mol. The van der Waals surface area contributed by atoms with Gasteiger partial charge in [-0.15, -0.1) is 0 Å². The Morgan fingerprint density at radius 2 is 1.20 bits per heavy atom. The summed E-state index contributed by atoms with van der Waals surface area (Å²) < 4.78 is 1.27. The Bertz CT molecular complexity index is 486. The van der Waals surface area contributed by atoms with E-state index >= 15 is 0 Å². The highest BCUT2D eigenvalue weighted by Gasteiger charge is 1.92. The largest absolute Gasteiger partial charge is 0.296 e. The van der Waals surface area contributed by atoms with Gasteiger partial charge in [-0.25, -0.2) is 0 Å². The Hall–Kier alpha value is -1.27. The molecule has 2 aromatic carbocycles. The number of rotatable bonds is 0. The zero-order chi connectivity index (χ0) is 10.5. The van der Waals surface area contributed by atoms with Crippen molar-refractivity contribution >= 4 is 0 Å². The molecule has 0 aromatic heterocycles. The molecule has 0 saturated carbocycles. The maximum atomic E-state index is 3.14. The summed E-state index contributed by atoms with van der Waals surface area (Å²) in [6.45, 7) is 0. The Labute approximate surface area is 103 Å². The molecule has 0 aliphatic carbocycles. The van der Waals surface area contributed by atoms with Crippen molar-refractivity contribution in [3.05, 3.63) is 69.3 Å². The van der Waals surface area contributed by atoms with E-state index in [-0.39, 0.29) is 0 Å². The minimum Gasteiger partial charge on any atom is -0.0622 e. The van der Waals surface area contributed by atoms with Crippen molar-refractivity contribution in [3.63, 3.8) is 0 Å². The molecule has 15 heavy (non-hydrogen) atoms. The van der Waals surface area contributed by atoms with Gasteiger partial charge in [0.25, 0.3) is 22.6 Å². The molecule has 0 aliphatic rings. The van der Waals surface area contributed by atoms with Crippen LogP contribution >= 0.6 is 0 Å². The van der Waals surface area contributed by atoms with E-state index in [1.165, 1.54) is 3.57 Å². The van der Waals surface area contributed by atoms with E-state index in [1.54, 1.807) is 0 Å². The number of benzene rings is 2. The molecule has 0 spiro atoms. The molecule has 72 valence electrons. The predicted octanol–water partition coefficient (Wildman–Crippen LogP) is -0.458. The van der Waals surface area contributed by atoms with E-state index < -0.39 is 0 Å². The monoisotopic (exact) mass is 305 g/mol. The first-order valence-corrected chi connectivity index (χ1v) is 5.85. The van der Waals surface area contributed by atoms with Crippen LogP contribution in [0.15, 0.2) is 54.6 Å². The van der Waals surface area contributed by atoms with Crippen LogP contribution in [0.2, 0.25) is 0 Å². The molecule has 0 heterocycles. The lowest BCUT2D eigenvalue weighted by Crippen LogP contribution is -3.34. The van der Waals surface area contributed by atoms with Crippen LogP contribution in [0.3, 0.4) is 0 Å². The van der Waals surface area contributed by atoms with Crippen molar-refractivity contribution < 1.29 is 22.6 Å². The minimum atomic E-state index is 1.05. The summed E-state index contributed by atoms with van der Waals surface area (Å²) in [6.07, 6.45) is 0. The third-order valence-electron chi connectivity index (χ3n) is 1.98. The van der Waals surface area contributed by atoms with Crippen LogP contribution in [0, 0.1) is 15.4 Å². The van der Waals surface area contributed by atoms with Crippen molar-refractivity contribution in [2.24, 2.45) is 0 Å². The molecule has 0 bridgehead atoms. The van der Waals surface area contributed by atoms with Crippen LogP contribution in [-0.4, -0.2) is 0 Å². The van der Waals surface area contributed by atoms with E-state index in [1.807, 2.05) is 65.1 Å². The van der Waals surface area contributed by atoms with Crippen LogP contribution in [-0.2, 0) is 0 Å². The van der Waals surface area contributed by atoms with Crippen molar-refractivity contribution in [1.82, 2.24) is 0 Å². The molecule has 0 atom stereocenters. The second-order valence-corrected chi connectivity index (χ2v) is 4.49. The predicted molar refractivity (Wildman–Crippen MR) is 59.0 cm³/mol. The summed E-state index contributed by atoms with van der Waals surface area (Å²) in [6, 6.07) is 18.3. The average molecular weight is 305 g/mol. The third-order valence-corrected chi connectivity index (χ3v) is 2.76. The molecular formula is C14H10I+. The molecule has 0 N–H and O–H groups in total. The molecule has 0 aliphatic heterocycles. The van der Waals surface area contributed by atoms with Crippen molar-refractivity contribution in [2.45, 2.75) is 0 Å². The zero-order valence-corrected chi connectivity index (χ0v) is 10.4. The fraction of sp³-hybridized carbons (Fsp3) is 0. The van der Waals surface area contributed by atoms with Gasteiger partial charge in [-0.3, -0.25) is 0 Å². The SMILES string of the molecule is [IH+]c1ccc(C#Cc2ccccc2)cc1. The van der Waals surface area contributed by atoms with Gasteiger partial charge in [0.1, 0.15) is 0 Å². The Morgan fingerprint density at radius 1 is 0.667 bits per heavy atom. The molecule has 0 amide bonds. The summed E-state index contributed by atoms with van der Waals surface area (Å²) in [5.41, 5.74) is 2.12. The summed E-state index contributed by atoms with van der Waals surface area (Å²) in [4.78, 5) is 0. The van der Waals surface area contributed by atoms with Gasteiger partial charge in [0, 0.05) is 11.1 Å². The maximum absolute atomic E-state index is 3.14. The van der Waals surface area contributed by atoms with Gasteiger partial charge in [-0.2, -0.15) is 0 Å². The maximum Gasteiger partial charge on any atom is 0.296 e. The molecule has 0 radical (unpaired) electrons. The minimum absolute atomic E-state index is 1.05. The van der Waals surface area contributed by atoms with E-state index in [9.17, 15) is 0 Å². The molecule has 0 saturated heterocycles. The molecule has 2 rings (SSSR count). The fourth-order valence-corrected chi connectivity index (χ4v) is 1.59. The van der Waals surface area contributed by atoms with Gasteiger partial charge in [0.05, 0.1) is 0 Å². The first kappa shape index (κ1) is 10.3. The van der Waals surface area contributed by atoms with Crippen molar-refractivity contribution in [3.8, 4) is 11.8 Å². The van der Waals surface area contributed by atoms with Gasteiger partial charge < -0.3 is 0 Å². The summed E-state index contributed by atoms with van der Waals surface area (Å²) in [5.74, 6) is 6.27. The Morgan fingerprint density at radius 3 is 1.80 bits per heavy atom. The lowest BCUT2D eigenvalue weighted by Gasteiger charge is -1.88. The molecule has 0 fully saturated rings. The van der Waals surface area contributed by atoms with Crippen molar-refractivity contribution in [1.29, 1.82) is 0 Å². The highest BCUT2D eigenvalue weighted by molar-refractivity contribution is 5.42. The van der Waals surface area contributed by atoms with Crippen LogP contribution in [0.4, 0.5) is 0 Å². The first-order valence-electron chi connectivity index (χ1n) is 4.69. The topological polar surface area (TPSA) is 0 Å². The van der Waals surface area contributed by atoms with Gasteiger partial charge in [-0.05, 0) is 36.4 Å². The van der Waals surface area contributed by atoms with Crippen molar-refractivity contribution in [2.75, 3.05) is 0 Å². The van der Waals surface area contributed by atoms with E-state index in [2.05, 4.69) is 24.0 Å². The van der Waals surface area contributed by atoms with Gasteiger partial charge in [0.15, 0.2) is 3.57 Å². The van der Waals surface area contributed by atoms with Crippen LogP contribution in [0.5, 0.6) is 0 Å². The molecule has 0 unspecified atom stereocenters. The Balaban J connectivity index is 2.22. The van der Waals surface area contributed by atoms with Gasteiger partial charge in [0.2, 0.25) is 0 Å². The quantitative estimate of drug-likeness (QED) is 0.457. The third kappa shape index (κ3) is 3.10. The standard InChI is InChI=1S/C14H10I/c15-14-10-8-13(9-11-14)7-6-12-4-2-1-3-5-12/h1-5,8-11,15H/q+1. The normalized spacial score (nSPS) is 9.13. The van der Waals surface area contributed by atoms with Crippen LogP contribution in [0.1, 0.15) is 11.1 Å². The number of halogens is 1. The second-order valence-electron chi connectivity index (χ2n) is 3.14. The number of hydrogen-bond donors (Lipinski definition) is 0. The lowest BCUT2D eigenvalue weighted by molar-refractivity contribution is -0.328. The first-order chi connectivity index (χ1) is 7.34. The summed E-state index contributed by atoms with van der Waals surface area (Å²) >= 11 is 2.01. The second kappa shape index (κ2) is 4.99. The van der Waals surface area contributed by atoms with E-state index in [0.717, 1.165) is 11.1 Å². The Kier molecular flexibility index (Phi) is 3.41. The molecule has 2 aromatic rings. The molecule has 1 heteroatoms. The zero-order valence-electron chi connectivity index (χ0n) is 8.10. The summed E-state index contributed by atoms with van der Waals surface area (Å²) in [5, 5.41) is 0. The van der Waals surface area contributed by atoms with E-state index in [0.29, 0.717) is 0 Å². The van der Waals surface area contributed by atoms with Crippen LogP contribution < -0.4 is 22.6 Å². The number of hydrogen-bond acceptors (Lipinski definition) is 0. The fourth-order valence-electron chi connectivity index (χ4n) is 1.20.